The number of benzene rings is 1. The number of aryl methyl sites for hydroxylation is 2. The van der Waals surface area contributed by atoms with E-state index in [1.807, 2.05) is 32.0 Å². The van der Waals surface area contributed by atoms with Gasteiger partial charge in [0.2, 0.25) is 10.0 Å². The van der Waals surface area contributed by atoms with E-state index in [-0.39, 0.29) is 5.91 Å². The highest BCUT2D eigenvalue weighted by molar-refractivity contribution is 7.88. The number of rotatable bonds is 2. The molecule has 0 aromatic heterocycles. The molecule has 6 heteroatoms. The molecule has 0 N–H and O–H groups in total. The molecular formula is C15H22N2O3S. The van der Waals surface area contributed by atoms with E-state index in [4.69, 9.17) is 0 Å². The zero-order valence-corrected chi connectivity index (χ0v) is 13.6. The number of amides is 1. The molecule has 0 unspecified atom stereocenters. The Labute approximate surface area is 126 Å². The van der Waals surface area contributed by atoms with Crippen LogP contribution in [0.25, 0.3) is 0 Å². The highest BCUT2D eigenvalue weighted by Crippen LogP contribution is 2.14. The van der Waals surface area contributed by atoms with Crippen LogP contribution in [0.2, 0.25) is 0 Å². The van der Waals surface area contributed by atoms with Gasteiger partial charge in [0.15, 0.2) is 0 Å². The van der Waals surface area contributed by atoms with Gasteiger partial charge in [-0.2, -0.15) is 0 Å². The summed E-state index contributed by atoms with van der Waals surface area (Å²) in [7, 11) is -3.18. The predicted octanol–water partition coefficient (Wildman–Crippen LogP) is 1.41. The van der Waals surface area contributed by atoms with Crippen LogP contribution >= 0.6 is 0 Å². The van der Waals surface area contributed by atoms with Crippen molar-refractivity contribution < 1.29 is 13.2 Å². The molecule has 0 atom stereocenters. The zero-order valence-electron chi connectivity index (χ0n) is 12.8. The second-order valence-corrected chi connectivity index (χ2v) is 7.59. The van der Waals surface area contributed by atoms with Gasteiger partial charge < -0.3 is 4.90 Å². The summed E-state index contributed by atoms with van der Waals surface area (Å²) < 4.78 is 24.6. The first-order chi connectivity index (χ1) is 9.79. The number of hydrogen-bond donors (Lipinski definition) is 0. The Kier molecular flexibility index (Phi) is 4.68. The van der Waals surface area contributed by atoms with Crippen LogP contribution in [0.3, 0.4) is 0 Å². The summed E-state index contributed by atoms with van der Waals surface area (Å²) >= 11 is 0. The van der Waals surface area contributed by atoms with E-state index in [0.717, 1.165) is 11.1 Å². The van der Waals surface area contributed by atoms with Crippen LogP contribution in [0, 0.1) is 13.8 Å². The first kappa shape index (κ1) is 16.0. The summed E-state index contributed by atoms with van der Waals surface area (Å²) in [6, 6.07) is 5.68. The van der Waals surface area contributed by atoms with Crippen molar-refractivity contribution in [3.63, 3.8) is 0 Å². The first-order valence-electron chi connectivity index (χ1n) is 7.10. The van der Waals surface area contributed by atoms with Crippen LogP contribution in [-0.2, 0) is 10.0 Å². The third kappa shape index (κ3) is 3.83. The molecule has 1 heterocycles. The summed E-state index contributed by atoms with van der Waals surface area (Å²) in [4.78, 5) is 14.3. The van der Waals surface area contributed by atoms with Crippen molar-refractivity contribution in [3.8, 4) is 0 Å². The van der Waals surface area contributed by atoms with Crippen molar-refractivity contribution in [2.24, 2.45) is 0 Å². The Balaban J connectivity index is 2.11. The molecule has 1 saturated heterocycles. The van der Waals surface area contributed by atoms with Gasteiger partial charge in [-0.3, -0.25) is 4.79 Å². The Morgan fingerprint density at radius 3 is 2.38 bits per heavy atom. The second-order valence-electron chi connectivity index (χ2n) is 5.61. The minimum absolute atomic E-state index is 0.0200. The van der Waals surface area contributed by atoms with Gasteiger partial charge in [0.1, 0.15) is 0 Å². The fourth-order valence-corrected chi connectivity index (χ4v) is 3.36. The molecule has 1 aromatic carbocycles. The molecule has 1 aliphatic heterocycles. The van der Waals surface area contributed by atoms with Gasteiger partial charge >= 0.3 is 0 Å². The fraction of sp³-hybridized carbons (Fsp3) is 0.533. The lowest BCUT2D eigenvalue weighted by atomic mass is 10.1. The molecule has 1 fully saturated rings. The van der Waals surface area contributed by atoms with Gasteiger partial charge in [0, 0.05) is 31.7 Å². The van der Waals surface area contributed by atoms with Crippen molar-refractivity contribution in [1.82, 2.24) is 9.21 Å². The van der Waals surface area contributed by atoms with Crippen LogP contribution in [0.15, 0.2) is 18.2 Å². The Morgan fingerprint density at radius 1 is 1.05 bits per heavy atom. The zero-order chi connectivity index (χ0) is 15.6. The largest absolute Gasteiger partial charge is 0.337 e. The highest BCUT2D eigenvalue weighted by Gasteiger charge is 2.24. The maximum atomic E-state index is 12.5. The standard InChI is InChI=1S/C15H22N2O3S/c1-12-5-6-14(11-13(12)2)15(18)16-7-4-8-17(10-9-16)21(3,19)20/h5-6,11H,4,7-10H2,1-3H3. The van der Waals surface area contributed by atoms with Gasteiger partial charge in [-0.1, -0.05) is 6.07 Å². The van der Waals surface area contributed by atoms with Gasteiger partial charge in [0.25, 0.3) is 5.91 Å². The number of carbonyl (C=O) groups excluding carboxylic acids is 1. The summed E-state index contributed by atoms with van der Waals surface area (Å²) in [6.07, 6.45) is 1.89. The SMILES string of the molecule is Cc1ccc(C(=O)N2CCCN(S(C)(=O)=O)CC2)cc1C. The van der Waals surface area contributed by atoms with Crippen molar-refractivity contribution in [2.45, 2.75) is 20.3 Å². The van der Waals surface area contributed by atoms with Gasteiger partial charge in [-0.25, -0.2) is 12.7 Å². The third-order valence-electron chi connectivity index (χ3n) is 3.96. The third-order valence-corrected chi connectivity index (χ3v) is 5.27. The average molecular weight is 310 g/mol. The number of hydrogen-bond acceptors (Lipinski definition) is 3. The van der Waals surface area contributed by atoms with E-state index in [1.165, 1.54) is 10.6 Å². The molecule has 0 aliphatic carbocycles. The molecule has 21 heavy (non-hydrogen) atoms. The predicted molar refractivity (Wildman–Crippen MR) is 82.9 cm³/mol. The minimum Gasteiger partial charge on any atom is -0.337 e. The summed E-state index contributed by atoms with van der Waals surface area (Å²) in [6.45, 7) is 5.89. The molecule has 116 valence electrons. The van der Waals surface area contributed by atoms with E-state index >= 15 is 0 Å². The average Bonchev–Trinajstić information content (AvgIpc) is 2.66. The minimum atomic E-state index is -3.18. The molecular weight excluding hydrogens is 288 g/mol. The number of carbonyl (C=O) groups is 1. The molecule has 1 aliphatic rings. The van der Waals surface area contributed by atoms with E-state index in [2.05, 4.69) is 0 Å². The van der Waals surface area contributed by atoms with Crippen LogP contribution in [0.5, 0.6) is 0 Å². The monoisotopic (exact) mass is 310 g/mol. The van der Waals surface area contributed by atoms with E-state index < -0.39 is 10.0 Å². The van der Waals surface area contributed by atoms with Crippen LogP contribution in [0.4, 0.5) is 0 Å². The van der Waals surface area contributed by atoms with Crippen LogP contribution < -0.4 is 0 Å². The molecule has 0 bridgehead atoms. The van der Waals surface area contributed by atoms with Crippen molar-refractivity contribution in [2.75, 3.05) is 32.4 Å². The lowest BCUT2D eigenvalue weighted by molar-refractivity contribution is 0.0764. The molecule has 5 nitrogen and oxygen atoms in total. The fourth-order valence-electron chi connectivity index (χ4n) is 2.49. The lowest BCUT2D eigenvalue weighted by Crippen LogP contribution is -2.37. The maximum absolute atomic E-state index is 12.5. The summed E-state index contributed by atoms with van der Waals surface area (Å²) in [5, 5.41) is 0. The topological polar surface area (TPSA) is 57.7 Å². The molecule has 2 rings (SSSR count). The first-order valence-corrected chi connectivity index (χ1v) is 8.95. The van der Waals surface area contributed by atoms with Gasteiger partial charge in [-0.05, 0) is 43.5 Å². The maximum Gasteiger partial charge on any atom is 0.253 e. The van der Waals surface area contributed by atoms with E-state index in [9.17, 15) is 13.2 Å². The number of sulfonamides is 1. The summed E-state index contributed by atoms with van der Waals surface area (Å²) in [5.74, 6) is -0.0200. The molecule has 0 radical (unpaired) electrons. The Bertz CT molecular complexity index is 640. The normalized spacial score (nSPS) is 17.6. The molecule has 1 amide bonds. The molecule has 0 saturated carbocycles. The quantitative estimate of drug-likeness (QED) is 0.830. The van der Waals surface area contributed by atoms with Gasteiger partial charge in [0.05, 0.1) is 6.26 Å². The van der Waals surface area contributed by atoms with E-state index in [0.29, 0.717) is 38.2 Å². The van der Waals surface area contributed by atoms with Crippen molar-refractivity contribution >= 4 is 15.9 Å². The highest BCUT2D eigenvalue weighted by atomic mass is 32.2. The summed E-state index contributed by atoms with van der Waals surface area (Å²) in [5.41, 5.74) is 2.92. The second kappa shape index (κ2) is 6.15. The lowest BCUT2D eigenvalue weighted by Gasteiger charge is -2.21. The van der Waals surface area contributed by atoms with Crippen LogP contribution in [0.1, 0.15) is 27.9 Å². The molecule has 1 aromatic rings. The number of nitrogens with zero attached hydrogens (tertiary/aromatic N) is 2. The smallest absolute Gasteiger partial charge is 0.253 e. The van der Waals surface area contributed by atoms with Gasteiger partial charge in [-0.15, -0.1) is 0 Å². The van der Waals surface area contributed by atoms with E-state index in [1.54, 1.807) is 4.90 Å². The Hall–Kier alpha value is -1.40. The Morgan fingerprint density at radius 2 is 1.76 bits per heavy atom. The van der Waals surface area contributed by atoms with Crippen LogP contribution in [-0.4, -0.2) is 56.0 Å². The van der Waals surface area contributed by atoms with Crippen molar-refractivity contribution in [3.05, 3.63) is 34.9 Å². The van der Waals surface area contributed by atoms with Crippen molar-refractivity contribution in [1.29, 1.82) is 0 Å². The molecule has 0 spiro atoms.